The minimum Gasteiger partial charge on any atom is -0.457 e. The first-order valence-electron chi connectivity index (χ1n) is 11.6. The summed E-state index contributed by atoms with van der Waals surface area (Å²) in [6, 6.07) is 4.32. The molecule has 2 heterocycles. The van der Waals surface area contributed by atoms with Crippen LogP contribution in [0.15, 0.2) is 23.4 Å². The smallest absolute Gasteiger partial charge is 0.338 e. The third-order valence-electron chi connectivity index (χ3n) is 7.17. The number of carbonyl (C=O) groups is 3. The summed E-state index contributed by atoms with van der Waals surface area (Å²) >= 11 is 0. The van der Waals surface area contributed by atoms with E-state index in [1.165, 1.54) is 5.56 Å². The van der Waals surface area contributed by atoms with Gasteiger partial charge in [0, 0.05) is 24.1 Å². The van der Waals surface area contributed by atoms with E-state index in [2.05, 4.69) is 12.2 Å². The van der Waals surface area contributed by atoms with Crippen LogP contribution in [0.5, 0.6) is 0 Å². The maximum atomic E-state index is 13.1. The highest BCUT2D eigenvalue weighted by atomic mass is 16.5. The quantitative estimate of drug-likeness (QED) is 0.656. The van der Waals surface area contributed by atoms with Crippen molar-refractivity contribution in [1.29, 1.82) is 0 Å². The lowest BCUT2D eigenvalue weighted by atomic mass is 9.85. The molecule has 1 saturated carbocycles. The van der Waals surface area contributed by atoms with Gasteiger partial charge in [-0.1, -0.05) is 6.07 Å². The third kappa shape index (κ3) is 4.31. The molecule has 0 aromatic heterocycles. The molecule has 1 aromatic carbocycles. The standard InChI is InChI=1S/C25H32N2O5/c1-4-27(22-14-32-24(29)16(22)3)23(28)18-5-8-19(9-6-18)26-12-11-17-7-10-20-21(15(17)2)13-31-25(20)30/h7,10,18-19,26H,4-6,8-9,11-14H2,1-3H3. The van der Waals surface area contributed by atoms with Crippen LogP contribution in [0.2, 0.25) is 0 Å². The molecule has 1 aromatic rings. The Bertz CT molecular complexity index is 959. The van der Waals surface area contributed by atoms with E-state index in [1.54, 1.807) is 11.8 Å². The molecule has 7 heteroatoms. The van der Waals surface area contributed by atoms with Gasteiger partial charge >= 0.3 is 11.9 Å². The van der Waals surface area contributed by atoms with Gasteiger partial charge in [0.05, 0.1) is 16.8 Å². The Morgan fingerprint density at radius 3 is 2.44 bits per heavy atom. The van der Waals surface area contributed by atoms with E-state index < -0.39 is 0 Å². The van der Waals surface area contributed by atoms with Crippen molar-refractivity contribution in [2.24, 2.45) is 5.92 Å². The zero-order valence-corrected chi connectivity index (χ0v) is 19.2. The zero-order valence-electron chi connectivity index (χ0n) is 19.2. The summed E-state index contributed by atoms with van der Waals surface area (Å²) in [5.74, 6) is -0.430. The molecule has 172 valence electrons. The second-order valence-corrected chi connectivity index (χ2v) is 8.93. The fourth-order valence-corrected chi connectivity index (χ4v) is 5.07. The number of nitrogens with zero attached hydrogens (tertiary/aromatic N) is 1. The summed E-state index contributed by atoms with van der Waals surface area (Å²) in [5, 5.41) is 3.65. The lowest BCUT2D eigenvalue weighted by Crippen LogP contribution is -2.41. The molecule has 1 N–H and O–H groups in total. The average molecular weight is 441 g/mol. The van der Waals surface area contributed by atoms with Gasteiger partial charge in [-0.3, -0.25) is 4.79 Å². The van der Waals surface area contributed by atoms with Crippen LogP contribution >= 0.6 is 0 Å². The molecule has 2 aliphatic heterocycles. The lowest BCUT2D eigenvalue weighted by molar-refractivity contribution is -0.137. The number of benzene rings is 1. The van der Waals surface area contributed by atoms with Crippen LogP contribution < -0.4 is 5.32 Å². The molecule has 0 atom stereocenters. The number of rotatable bonds is 7. The molecule has 7 nitrogen and oxygen atoms in total. The highest BCUT2D eigenvalue weighted by molar-refractivity contribution is 5.94. The molecule has 0 radical (unpaired) electrons. The molecule has 32 heavy (non-hydrogen) atoms. The van der Waals surface area contributed by atoms with Crippen molar-refractivity contribution in [1.82, 2.24) is 10.2 Å². The van der Waals surface area contributed by atoms with E-state index in [-0.39, 0.29) is 30.4 Å². The number of ether oxygens (including phenoxy) is 2. The summed E-state index contributed by atoms with van der Waals surface area (Å²) < 4.78 is 10.2. The molecule has 0 spiro atoms. The fraction of sp³-hybridized carbons (Fsp3) is 0.560. The second kappa shape index (κ2) is 9.45. The van der Waals surface area contributed by atoms with E-state index in [1.807, 2.05) is 19.1 Å². The van der Waals surface area contributed by atoms with Crippen LogP contribution in [-0.2, 0) is 32.1 Å². The molecular formula is C25H32N2O5. The van der Waals surface area contributed by atoms with Crippen molar-refractivity contribution in [2.45, 2.75) is 65.5 Å². The van der Waals surface area contributed by atoms with Crippen molar-refractivity contribution in [3.63, 3.8) is 0 Å². The molecular weight excluding hydrogens is 408 g/mol. The Balaban J connectivity index is 1.26. The topological polar surface area (TPSA) is 84.9 Å². The van der Waals surface area contributed by atoms with Crippen molar-refractivity contribution in [3.05, 3.63) is 45.7 Å². The predicted octanol–water partition coefficient (Wildman–Crippen LogP) is 3.04. The SMILES string of the molecule is CCN(C(=O)C1CCC(NCCc2ccc3c(c2C)COC3=O)CC1)C1=C(C)C(=O)OC1. The number of amides is 1. The van der Waals surface area contributed by atoms with Crippen LogP contribution in [0.3, 0.4) is 0 Å². The predicted molar refractivity (Wildman–Crippen MR) is 119 cm³/mol. The molecule has 0 bridgehead atoms. The number of fused-ring (bicyclic) bond motifs is 1. The van der Waals surface area contributed by atoms with Gasteiger partial charge < -0.3 is 19.7 Å². The van der Waals surface area contributed by atoms with Crippen molar-refractivity contribution in [2.75, 3.05) is 19.7 Å². The maximum Gasteiger partial charge on any atom is 0.338 e. The van der Waals surface area contributed by atoms with Gasteiger partial charge in [-0.2, -0.15) is 0 Å². The van der Waals surface area contributed by atoms with Crippen molar-refractivity contribution < 1.29 is 23.9 Å². The van der Waals surface area contributed by atoms with Gasteiger partial charge in [-0.05, 0) is 76.6 Å². The third-order valence-corrected chi connectivity index (χ3v) is 7.17. The zero-order chi connectivity index (χ0) is 22.8. The van der Waals surface area contributed by atoms with Crippen LogP contribution in [0.4, 0.5) is 0 Å². The van der Waals surface area contributed by atoms with Gasteiger partial charge in [-0.15, -0.1) is 0 Å². The average Bonchev–Trinajstić information content (AvgIpc) is 3.34. The van der Waals surface area contributed by atoms with E-state index >= 15 is 0 Å². The van der Waals surface area contributed by atoms with Crippen LogP contribution in [0.25, 0.3) is 0 Å². The Morgan fingerprint density at radius 2 is 1.78 bits per heavy atom. The Morgan fingerprint density at radius 1 is 1.06 bits per heavy atom. The molecule has 3 aliphatic rings. The first kappa shape index (κ1) is 22.5. The Labute approximate surface area is 189 Å². The number of hydrogen-bond donors (Lipinski definition) is 1. The van der Waals surface area contributed by atoms with Crippen LogP contribution in [-0.4, -0.2) is 48.5 Å². The minimum absolute atomic E-state index is 0.000458. The first-order chi connectivity index (χ1) is 15.4. The molecule has 1 amide bonds. The number of nitrogens with one attached hydrogen (secondary N) is 1. The molecule has 0 saturated heterocycles. The normalized spacial score (nSPS) is 22.6. The molecule has 1 fully saturated rings. The van der Waals surface area contributed by atoms with E-state index in [4.69, 9.17) is 9.47 Å². The fourth-order valence-electron chi connectivity index (χ4n) is 5.07. The lowest BCUT2D eigenvalue weighted by Gasteiger charge is -2.32. The monoisotopic (exact) mass is 440 g/mol. The van der Waals surface area contributed by atoms with E-state index in [9.17, 15) is 14.4 Å². The van der Waals surface area contributed by atoms with Gasteiger partial charge in [-0.25, -0.2) is 9.59 Å². The van der Waals surface area contributed by atoms with E-state index in [0.29, 0.717) is 30.3 Å². The van der Waals surface area contributed by atoms with Gasteiger partial charge in [0.1, 0.15) is 13.2 Å². The number of hydrogen-bond acceptors (Lipinski definition) is 6. The second-order valence-electron chi connectivity index (χ2n) is 8.93. The highest BCUT2D eigenvalue weighted by Gasteiger charge is 2.34. The largest absolute Gasteiger partial charge is 0.457 e. The molecule has 4 rings (SSSR count). The summed E-state index contributed by atoms with van der Waals surface area (Å²) in [4.78, 5) is 38.2. The van der Waals surface area contributed by atoms with Crippen molar-refractivity contribution in [3.8, 4) is 0 Å². The Kier molecular flexibility index (Phi) is 6.65. The highest BCUT2D eigenvalue weighted by Crippen LogP contribution is 2.30. The minimum atomic E-state index is -0.322. The van der Waals surface area contributed by atoms with Crippen LogP contribution in [0.1, 0.15) is 66.6 Å². The summed E-state index contributed by atoms with van der Waals surface area (Å²) in [5.41, 5.74) is 5.39. The number of cyclic esters (lactones) is 2. The first-order valence-corrected chi connectivity index (χ1v) is 11.6. The maximum absolute atomic E-state index is 13.1. The molecule has 1 aliphatic carbocycles. The van der Waals surface area contributed by atoms with Gasteiger partial charge in [0.15, 0.2) is 0 Å². The summed E-state index contributed by atoms with van der Waals surface area (Å²) in [6.07, 6.45) is 4.54. The van der Waals surface area contributed by atoms with Gasteiger partial charge in [0.25, 0.3) is 0 Å². The van der Waals surface area contributed by atoms with E-state index in [0.717, 1.165) is 55.5 Å². The number of esters is 2. The summed E-state index contributed by atoms with van der Waals surface area (Å²) in [7, 11) is 0. The van der Waals surface area contributed by atoms with Crippen molar-refractivity contribution >= 4 is 17.8 Å². The van der Waals surface area contributed by atoms with Gasteiger partial charge in [0.2, 0.25) is 5.91 Å². The molecule has 0 unspecified atom stereocenters. The van der Waals surface area contributed by atoms with Crippen LogP contribution in [0, 0.1) is 12.8 Å². The summed E-state index contributed by atoms with van der Waals surface area (Å²) in [6.45, 7) is 7.73. The Hall–Kier alpha value is -2.67. The number of likely N-dealkylation sites (N-methyl/N-ethyl adjacent to an activating group) is 1. The number of carbonyl (C=O) groups excluding carboxylic acids is 3.